The highest BCUT2D eigenvalue weighted by atomic mass is 15.0. The van der Waals surface area contributed by atoms with Gasteiger partial charge in [-0.3, -0.25) is 0 Å². The molecule has 3 nitrogen and oxygen atoms in total. The van der Waals surface area contributed by atoms with E-state index in [9.17, 15) is 0 Å². The van der Waals surface area contributed by atoms with Gasteiger partial charge >= 0.3 is 0 Å². The molecule has 10 aromatic rings. The highest BCUT2D eigenvalue weighted by molar-refractivity contribution is 6.22. The summed E-state index contributed by atoms with van der Waals surface area (Å²) >= 11 is 0. The summed E-state index contributed by atoms with van der Waals surface area (Å²) in [6, 6.07) is 72.5. The third-order valence-corrected chi connectivity index (χ3v) is 13.3. The van der Waals surface area contributed by atoms with Gasteiger partial charge in [0, 0.05) is 22.1 Å². The lowest BCUT2D eigenvalue weighted by atomic mass is 9.76. The first-order chi connectivity index (χ1) is 30.2. The SMILES string of the molecule is c1ccc(-c2nc(-c3ccccc3)nc(-c3ccc4c(-c5ccccc5)c5cc(-c6ccc7c(c6)C6(CCCC6)c6ccccc6-7)ccc5c(-c5ccccc5)c4c3)n2)cc1. The van der Waals surface area contributed by atoms with Crippen LogP contribution in [0.1, 0.15) is 36.8 Å². The van der Waals surface area contributed by atoms with Crippen LogP contribution in [-0.4, -0.2) is 15.0 Å². The minimum absolute atomic E-state index is 0.116. The van der Waals surface area contributed by atoms with Gasteiger partial charge in [-0.25, -0.2) is 15.0 Å². The van der Waals surface area contributed by atoms with Crippen LogP contribution in [0.4, 0.5) is 0 Å². The Morgan fingerprint density at radius 1 is 0.295 bits per heavy atom. The molecule has 288 valence electrons. The predicted octanol–water partition coefficient (Wildman–Crippen LogP) is 15.0. The van der Waals surface area contributed by atoms with Gasteiger partial charge in [0.25, 0.3) is 0 Å². The number of nitrogens with zero attached hydrogens (tertiary/aromatic N) is 3. The molecule has 0 bridgehead atoms. The fourth-order valence-electron chi connectivity index (χ4n) is 10.5. The fraction of sp³-hybridized carbons (Fsp3) is 0.0862. The van der Waals surface area contributed by atoms with Gasteiger partial charge in [0.2, 0.25) is 0 Å². The van der Waals surface area contributed by atoms with Crippen molar-refractivity contribution in [3.8, 4) is 78.7 Å². The summed E-state index contributed by atoms with van der Waals surface area (Å²) in [6.07, 6.45) is 5.00. The van der Waals surface area contributed by atoms with E-state index in [1.54, 1.807) is 0 Å². The zero-order valence-corrected chi connectivity index (χ0v) is 33.7. The van der Waals surface area contributed by atoms with Gasteiger partial charge < -0.3 is 0 Å². The quantitative estimate of drug-likeness (QED) is 0.158. The second kappa shape index (κ2) is 14.4. The lowest BCUT2D eigenvalue weighted by Crippen LogP contribution is -2.20. The first-order valence-corrected chi connectivity index (χ1v) is 21.5. The van der Waals surface area contributed by atoms with E-state index < -0.39 is 0 Å². The zero-order valence-electron chi connectivity index (χ0n) is 33.7. The number of benzene rings is 9. The molecule has 1 spiro atoms. The molecule has 12 rings (SSSR count). The van der Waals surface area contributed by atoms with Gasteiger partial charge in [0.1, 0.15) is 0 Å². The molecule has 0 N–H and O–H groups in total. The van der Waals surface area contributed by atoms with E-state index in [2.05, 4.69) is 164 Å². The Balaban J connectivity index is 1.10. The number of fused-ring (bicyclic) bond motifs is 7. The van der Waals surface area contributed by atoms with Crippen LogP contribution < -0.4 is 0 Å². The van der Waals surface area contributed by atoms with Crippen LogP contribution in [0, 0.1) is 0 Å². The Labute approximate surface area is 356 Å². The minimum atomic E-state index is 0.116. The van der Waals surface area contributed by atoms with Gasteiger partial charge in [-0.15, -0.1) is 0 Å². The molecule has 0 amide bonds. The number of hydrogen-bond donors (Lipinski definition) is 0. The summed E-state index contributed by atoms with van der Waals surface area (Å²) in [6.45, 7) is 0. The molecule has 0 saturated heterocycles. The Kier molecular flexibility index (Phi) is 8.34. The van der Waals surface area contributed by atoms with Crippen molar-refractivity contribution in [1.82, 2.24) is 15.0 Å². The maximum absolute atomic E-state index is 5.14. The number of hydrogen-bond acceptors (Lipinski definition) is 3. The van der Waals surface area contributed by atoms with E-state index in [0.717, 1.165) is 22.1 Å². The van der Waals surface area contributed by atoms with Gasteiger partial charge in [-0.05, 0) is 108 Å². The van der Waals surface area contributed by atoms with E-state index in [0.29, 0.717) is 17.5 Å². The standard InChI is InChI=1S/C58H41N3/c1-5-17-38(18-6-1)53-48-32-29-44(57-60-55(40-21-9-3-10-22-40)59-56(61-57)41-23-11-4-12-24-41)36-50(48)54(39-19-7-2-8-20-39)47-31-28-42(35-49(47)53)43-27-30-46-45-25-13-14-26-51(45)58(52(46)37-43)33-15-16-34-58/h1-14,17-32,35-37H,15-16,33-34H2. The van der Waals surface area contributed by atoms with Gasteiger partial charge in [0.15, 0.2) is 17.5 Å². The summed E-state index contributed by atoms with van der Waals surface area (Å²) in [5.74, 6) is 1.94. The van der Waals surface area contributed by atoms with Crippen LogP contribution in [0.5, 0.6) is 0 Å². The largest absolute Gasteiger partial charge is 0.208 e. The summed E-state index contributed by atoms with van der Waals surface area (Å²) < 4.78 is 0. The molecule has 61 heavy (non-hydrogen) atoms. The van der Waals surface area contributed by atoms with Crippen molar-refractivity contribution in [1.29, 1.82) is 0 Å². The molecule has 1 saturated carbocycles. The predicted molar refractivity (Wildman–Crippen MR) is 252 cm³/mol. The molecule has 0 aliphatic heterocycles. The molecular weight excluding hydrogens is 739 g/mol. The topological polar surface area (TPSA) is 38.7 Å². The highest BCUT2D eigenvalue weighted by Crippen LogP contribution is 2.57. The fourth-order valence-corrected chi connectivity index (χ4v) is 10.5. The lowest BCUT2D eigenvalue weighted by molar-refractivity contribution is 0.550. The van der Waals surface area contributed by atoms with Crippen LogP contribution in [0.15, 0.2) is 200 Å². The second-order valence-corrected chi connectivity index (χ2v) is 16.6. The van der Waals surface area contributed by atoms with Gasteiger partial charge in [-0.2, -0.15) is 0 Å². The molecule has 0 atom stereocenters. The smallest absolute Gasteiger partial charge is 0.164 e. The maximum atomic E-state index is 5.14. The van der Waals surface area contributed by atoms with Crippen LogP contribution in [0.25, 0.3) is 100 Å². The first kappa shape index (κ1) is 35.5. The van der Waals surface area contributed by atoms with Crippen molar-refractivity contribution in [2.24, 2.45) is 0 Å². The van der Waals surface area contributed by atoms with Crippen LogP contribution in [0.3, 0.4) is 0 Å². The molecule has 0 unspecified atom stereocenters. The Morgan fingerprint density at radius 2 is 0.705 bits per heavy atom. The average molecular weight is 780 g/mol. The van der Waals surface area contributed by atoms with Gasteiger partial charge in [0.05, 0.1) is 0 Å². The van der Waals surface area contributed by atoms with Crippen molar-refractivity contribution in [3.63, 3.8) is 0 Å². The summed E-state index contributed by atoms with van der Waals surface area (Å²) in [5.41, 5.74) is 16.1. The molecule has 9 aromatic carbocycles. The third-order valence-electron chi connectivity index (χ3n) is 13.3. The van der Waals surface area contributed by atoms with Crippen molar-refractivity contribution in [3.05, 3.63) is 211 Å². The first-order valence-electron chi connectivity index (χ1n) is 21.5. The van der Waals surface area contributed by atoms with Crippen LogP contribution in [0.2, 0.25) is 0 Å². The van der Waals surface area contributed by atoms with Crippen molar-refractivity contribution >= 4 is 21.5 Å². The average Bonchev–Trinajstić information content (AvgIpc) is 3.94. The molecule has 2 aliphatic carbocycles. The molecular formula is C58H41N3. The van der Waals surface area contributed by atoms with Crippen LogP contribution >= 0.6 is 0 Å². The highest BCUT2D eigenvalue weighted by Gasteiger charge is 2.44. The summed E-state index contributed by atoms with van der Waals surface area (Å²) in [5, 5.41) is 4.79. The zero-order chi connectivity index (χ0) is 40.3. The van der Waals surface area contributed by atoms with E-state index >= 15 is 0 Å². The Hall–Kier alpha value is -7.49. The summed E-state index contributed by atoms with van der Waals surface area (Å²) in [7, 11) is 0. The Morgan fingerprint density at radius 3 is 1.26 bits per heavy atom. The number of aromatic nitrogens is 3. The van der Waals surface area contributed by atoms with Crippen molar-refractivity contribution in [2.45, 2.75) is 31.1 Å². The van der Waals surface area contributed by atoms with Gasteiger partial charge in [-0.1, -0.05) is 195 Å². The molecule has 1 heterocycles. The number of rotatable bonds is 6. The second-order valence-electron chi connectivity index (χ2n) is 16.6. The lowest BCUT2D eigenvalue weighted by Gasteiger charge is -2.27. The van der Waals surface area contributed by atoms with E-state index in [1.807, 2.05) is 36.4 Å². The minimum Gasteiger partial charge on any atom is -0.208 e. The monoisotopic (exact) mass is 779 g/mol. The molecule has 2 aliphatic rings. The van der Waals surface area contributed by atoms with E-state index in [4.69, 9.17) is 15.0 Å². The maximum Gasteiger partial charge on any atom is 0.164 e. The van der Waals surface area contributed by atoms with Crippen molar-refractivity contribution < 1.29 is 0 Å². The summed E-state index contributed by atoms with van der Waals surface area (Å²) in [4.78, 5) is 15.3. The van der Waals surface area contributed by atoms with Crippen LogP contribution in [-0.2, 0) is 5.41 Å². The third kappa shape index (κ3) is 5.84. The molecule has 1 aromatic heterocycles. The molecule has 1 fully saturated rings. The molecule has 3 heteroatoms. The van der Waals surface area contributed by atoms with Crippen molar-refractivity contribution in [2.75, 3.05) is 0 Å². The van der Waals surface area contributed by atoms with E-state index in [-0.39, 0.29) is 5.41 Å². The normalized spacial score (nSPS) is 13.8. The molecule has 0 radical (unpaired) electrons. The van der Waals surface area contributed by atoms with E-state index in [1.165, 1.54) is 97.5 Å². The Bertz CT molecular complexity index is 3220.